The normalized spacial score (nSPS) is 10.3. The number of ketones is 1. The highest BCUT2D eigenvalue weighted by molar-refractivity contribution is 6.41. The Balaban J connectivity index is 3.06. The molecule has 104 valence electrons. The topological polar surface area (TPSA) is 85.6 Å². The van der Waals surface area contributed by atoms with E-state index in [1.165, 1.54) is 17.7 Å². The molecular weight excluding hydrogens is 274 g/mol. The van der Waals surface area contributed by atoms with Crippen LogP contribution in [0.5, 0.6) is 0 Å². The molecule has 0 bridgehead atoms. The Kier molecular flexibility index (Phi) is 5.11. The predicted octanol–water partition coefficient (Wildman–Crippen LogP) is 1.53. The van der Waals surface area contributed by atoms with Gasteiger partial charge in [-0.2, -0.15) is 0 Å². The highest BCUT2D eigenvalue weighted by atomic mass is 35.5. The van der Waals surface area contributed by atoms with Crippen molar-refractivity contribution in [3.05, 3.63) is 22.5 Å². The zero-order valence-electron chi connectivity index (χ0n) is 10.6. The molecule has 0 saturated carbocycles. The molecule has 1 aromatic heterocycles. The lowest BCUT2D eigenvalue weighted by Crippen LogP contribution is -2.20. The Morgan fingerprint density at radius 1 is 1.42 bits per heavy atom. The maximum Gasteiger partial charge on any atom is 0.378 e. The van der Waals surface area contributed by atoms with E-state index in [0.717, 1.165) is 0 Å². The molecule has 0 amide bonds. The van der Waals surface area contributed by atoms with Crippen LogP contribution in [0.25, 0.3) is 0 Å². The SMILES string of the molecule is CCc1c(Cl)cn(CCOC(C)=O)c1C(=O)C(=O)O. The lowest BCUT2D eigenvalue weighted by Gasteiger charge is -2.08. The van der Waals surface area contributed by atoms with E-state index in [9.17, 15) is 14.4 Å². The van der Waals surface area contributed by atoms with Gasteiger partial charge in [-0.3, -0.25) is 9.59 Å². The molecule has 0 atom stereocenters. The number of hydrogen-bond donors (Lipinski definition) is 1. The van der Waals surface area contributed by atoms with Crippen LogP contribution < -0.4 is 0 Å². The van der Waals surface area contributed by atoms with Crippen LogP contribution in [-0.2, 0) is 27.3 Å². The average Bonchev–Trinajstić information content (AvgIpc) is 2.63. The van der Waals surface area contributed by atoms with Crippen LogP contribution in [0.3, 0.4) is 0 Å². The quantitative estimate of drug-likeness (QED) is 0.487. The summed E-state index contributed by atoms with van der Waals surface area (Å²) < 4.78 is 6.17. The van der Waals surface area contributed by atoms with E-state index < -0.39 is 17.7 Å². The molecule has 0 aliphatic heterocycles. The van der Waals surface area contributed by atoms with Crippen molar-refractivity contribution in [3.8, 4) is 0 Å². The highest BCUT2D eigenvalue weighted by Gasteiger charge is 2.24. The molecule has 7 heteroatoms. The minimum Gasteiger partial charge on any atom is -0.475 e. The van der Waals surface area contributed by atoms with Gasteiger partial charge in [-0.1, -0.05) is 18.5 Å². The molecule has 0 spiro atoms. The van der Waals surface area contributed by atoms with E-state index in [1.54, 1.807) is 6.92 Å². The van der Waals surface area contributed by atoms with Crippen LogP contribution in [0.15, 0.2) is 6.20 Å². The molecule has 0 aliphatic rings. The van der Waals surface area contributed by atoms with Crippen LogP contribution in [0.4, 0.5) is 0 Å². The van der Waals surface area contributed by atoms with E-state index in [-0.39, 0.29) is 18.8 Å². The summed E-state index contributed by atoms with van der Waals surface area (Å²) in [6.07, 6.45) is 1.91. The van der Waals surface area contributed by atoms with Crippen LogP contribution in [-0.4, -0.2) is 34.0 Å². The first kappa shape index (κ1) is 15.2. The fourth-order valence-corrected chi connectivity index (χ4v) is 2.08. The summed E-state index contributed by atoms with van der Waals surface area (Å²) in [6, 6.07) is 0. The molecule has 0 fully saturated rings. The van der Waals surface area contributed by atoms with Gasteiger partial charge in [0.1, 0.15) is 12.3 Å². The van der Waals surface area contributed by atoms with Gasteiger partial charge in [-0.15, -0.1) is 0 Å². The molecule has 0 aromatic carbocycles. The van der Waals surface area contributed by atoms with E-state index in [2.05, 4.69) is 0 Å². The Labute approximate surface area is 114 Å². The van der Waals surface area contributed by atoms with Gasteiger partial charge in [0.15, 0.2) is 0 Å². The molecule has 1 N–H and O–H groups in total. The van der Waals surface area contributed by atoms with Crippen molar-refractivity contribution in [1.82, 2.24) is 4.57 Å². The number of rotatable bonds is 6. The number of nitrogens with zero attached hydrogens (tertiary/aromatic N) is 1. The number of carbonyl (C=O) groups excluding carboxylic acids is 2. The Hall–Kier alpha value is -1.82. The van der Waals surface area contributed by atoms with Crippen molar-refractivity contribution in [1.29, 1.82) is 0 Å². The van der Waals surface area contributed by atoms with Gasteiger partial charge >= 0.3 is 11.9 Å². The van der Waals surface area contributed by atoms with Crippen LogP contribution >= 0.6 is 11.6 Å². The van der Waals surface area contributed by atoms with Crippen molar-refractivity contribution < 1.29 is 24.2 Å². The molecule has 0 saturated heterocycles. The number of aliphatic carboxylic acids is 1. The van der Waals surface area contributed by atoms with Gasteiger partial charge < -0.3 is 14.4 Å². The van der Waals surface area contributed by atoms with Gasteiger partial charge in [0.05, 0.1) is 11.6 Å². The van der Waals surface area contributed by atoms with Gasteiger partial charge in [0.25, 0.3) is 5.78 Å². The Bertz CT molecular complexity index is 520. The van der Waals surface area contributed by atoms with E-state index in [1.807, 2.05) is 0 Å². The van der Waals surface area contributed by atoms with Gasteiger partial charge in [0.2, 0.25) is 0 Å². The summed E-state index contributed by atoms with van der Waals surface area (Å²) >= 11 is 5.97. The second kappa shape index (κ2) is 6.38. The third-order valence-corrected chi connectivity index (χ3v) is 2.86. The smallest absolute Gasteiger partial charge is 0.378 e. The lowest BCUT2D eigenvalue weighted by atomic mass is 10.1. The van der Waals surface area contributed by atoms with E-state index in [4.69, 9.17) is 21.4 Å². The summed E-state index contributed by atoms with van der Waals surface area (Å²) in [6.45, 7) is 3.26. The third kappa shape index (κ3) is 3.57. The molecule has 6 nitrogen and oxygen atoms in total. The van der Waals surface area contributed by atoms with Crippen molar-refractivity contribution in [2.24, 2.45) is 0 Å². The van der Waals surface area contributed by atoms with Crippen molar-refractivity contribution >= 4 is 29.3 Å². The van der Waals surface area contributed by atoms with E-state index >= 15 is 0 Å². The largest absolute Gasteiger partial charge is 0.475 e. The maximum atomic E-state index is 11.7. The van der Waals surface area contributed by atoms with Crippen LogP contribution in [0, 0.1) is 0 Å². The first-order valence-corrected chi connectivity index (χ1v) is 6.04. The molecule has 1 aromatic rings. The van der Waals surface area contributed by atoms with Crippen LogP contribution in [0.2, 0.25) is 5.02 Å². The first-order valence-electron chi connectivity index (χ1n) is 5.67. The number of hydrogen-bond acceptors (Lipinski definition) is 4. The zero-order chi connectivity index (χ0) is 14.6. The van der Waals surface area contributed by atoms with Crippen LogP contribution in [0.1, 0.15) is 29.9 Å². The standard InChI is InChI=1S/C12H14ClNO5/c1-3-8-9(13)6-14(4-5-19-7(2)15)10(8)11(16)12(17)18/h6H,3-5H2,1-2H3,(H,17,18). The second-order valence-corrected chi connectivity index (χ2v) is 4.23. The Morgan fingerprint density at radius 3 is 2.53 bits per heavy atom. The number of carboxylic acids is 1. The monoisotopic (exact) mass is 287 g/mol. The summed E-state index contributed by atoms with van der Waals surface area (Å²) in [5.74, 6) is -3.01. The van der Waals surface area contributed by atoms with Gasteiger partial charge in [-0.25, -0.2) is 4.79 Å². The lowest BCUT2D eigenvalue weighted by molar-refractivity contribution is -0.141. The first-order chi connectivity index (χ1) is 8.88. The molecular formula is C12H14ClNO5. The number of halogens is 1. The van der Waals surface area contributed by atoms with Crippen molar-refractivity contribution in [3.63, 3.8) is 0 Å². The molecule has 0 unspecified atom stereocenters. The minimum atomic E-state index is -1.54. The number of carboxylic acid groups (broad SMARTS) is 1. The number of aromatic nitrogens is 1. The fourth-order valence-electron chi connectivity index (χ4n) is 1.73. The minimum absolute atomic E-state index is 0.0344. The Morgan fingerprint density at radius 2 is 2.05 bits per heavy atom. The summed E-state index contributed by atoms with van der Waals surface area (Å²) in [4.78, 5) is 33.2. The highest BCUT2D eigenvalue weighted by Crippen LogP contribution is 2.24. The molecule has 19 heavy (non-hydrogen) atoms. The van der Waals surface area contributed by atoms with Crippen molar-refractivity contribution in [2.45, 2.75) is 26.8 Å². The molecule has 1 heterocycles. The molecule has 0 aliphatic carbocycles. The number of esters is 1. The molecule has 1 rings (SSSR count). The fraction of sp³-hybridized carbons (Fsp3) is 0.417. The second-order valence-electron chi connectivity index (χ2n) is 3.83. The van der Waals surface area contributed by atoms with Crippen molar-refractivity contribution in [2.75, 3.05) is 6.61 Å². The number of Topliss-reactive ketones (excluding diaryl/α,β-unsaturated/α-hetero) is 1. The third-order valence-electron chi connectivity index (χ3n) is 2.53. The number of ether oxygens (including phenoxy) is 1. The van der Waals surface area contributed by atoms with Gasteiger partial charge in [0, 0.05) is 13.1 Å². The summed E-state index contributed by atoms with van der Waals surface area (Å²) in [5.41, 5.74) is 0.518. The zero-order valence-corrected chi connectivity index (χ0v) is 11.4. The predicted molar refractivity (Wildman–Crippen MR) is 67.4 cm³/mol. The average molecular weight is 288 g/mol. The molecule has 0 radical (unpaired) electrons. The summed E-state index contributed by atoms with van der Waals surface area (Å²) in [7, 11) is 0. The maximum absolute atomic E-state index is 11.7. The summed E-state index contributed by atoms with van der Waals surface area (Å²) in [5, 5.41) is 9.14. The number of carbonyl (C=O) groups is 3. The van der Waals surface area contributed by atoms with E-state index in [0.29, 0.717) is 17.0 Å². The van der Waals surface area contributed by atoms with Gasteiger partial charge in [-0.05, 0) is 12.0 Å².